The Bertz CT molecular complexity index is 579. The van der Waals surface area contributed by atoms with E-state index in [1.807, 2.05) is 22.6 Å². The number of ether oxygens (including phenoxy) is 1. The third-order valence-corrected chi connectivity index (χ3v) is 3.36. The van der Waals surface area contributed by atoms with Crippen LogP contribution < -0.4 is 11.4 Å². The zero-order valence-corrected chi connectivity index (χ0v) is 12.3. The van der Waals surface area contributed by atoms with Gasteiger partial charge in [0, 0.05) is 11.8 Å². The molecule has 0 bridgehead atoms. The van der Waals surface area contributed by atoms with E-state index in [2.05, 4.69) is 4.98 Å². The van der Waals surface area contributed by atoms with Crippen LogP contribution in [0.5, 0.6) is 0 Å². The van der Waals surface area contributed by atoms with Crippen molar-refractivity contribution in [3.8, 4) is 0 Å². The Morgan fingerprint density at radius 2 is 2.35 bits per heavy atom. The van der Waals surface area contributed by atoms with Gasteiger partial charge in [0.15, 0.2) is 12.4 Å². The van der Waals surface area contributed by atoms with E-state index in [0.29, 0.717) is 5.56 Å². The lowest BCUT2D eigenvalue weighted by molar-refractivity contribution is -0.0491. The quantitative estimate of drug-likeness (QED) is 0.611. The molecule has 0 radical (unpaired) electrons. The maximum absolute atomic E-state index is 14.0. The Balaban J connectivity index is 2.43. The zero-order chi connectivity index (χ0) is 14.9. The molecule has 7 nitrogen and oxygen atoms in total. The van der Waals surface area contributed by atoms with Gasteiger partial charge in [-0.05, 0) is 10.2 Å². The van der Waals surface area contributed by atoms with Gasteiger partial charge in [-0.25, -0.2) is 9.18 Å². The summed E-state index contributed by atoms with van der Waals surface area (Å²) in [6, 6.07) is 0. The Labute approximate surface area is 127 Å². The number of nitrogens with two attached hydrogens (primary N) is 1. The Kier molecular flexibility index (Phi) is 4.73. The lowest BCUT2D eigenvalue weighted by Crippen LogP contribution is -2.34. The average Bonchev–Trinajstić information content (AvgIpc) is 2.70. The van der Waals surface area contributed by atoms with Crippen LogP contribution in [0.4, 0.5) is 10.2 Å². The summed E-state index contributed by atoms with van der Waals surface area (Å²) in [6.07, 6.45) is -2.86. The van der Waals surface area contributed by atoms with Gasteiger partial charge in [-0.3, -0.25) is 4.57 Å². The molecular formula is C11H13FIN3O4. The summed E-state index contributed by atoms with van der Waals surface area (Å²) in [5.41, 5.74) is 5.23. The minimum Gasteiger partial charge on any atom is -0.394 e. The van der Waals surface area contributed by atoms with E-state index in [9.17, 15) is 14.3 Å². The predicted molar refractivity (Wildman–Crippen MR) is 77.9 cm³/mol. The predicted octanol–water partition coefficient (Wildman–Crippen LogP) is -0.180. The molecule has 110 valence electrons. The van der Waals surface area contributed by atoms with Crippen molar-refractivity contribution in [1.82, 2.24) is 9.55 Å². The van der Waals surface area contributed by atoms with Gasteiger partial charge in [0.2, 0.25) is 0 Å². The fourth-order valence-corrected chi connectivity index (χ4v) is 2.34. The monoisotopic (exact) mass is 397 g/mol. The highest BCUT2D eigenvalue weighted by atomic mass is 127. The molecule has 0 unspecified atom stereocenters. The third-order valence-electron chi connectivity index (χ3n) is 3.00. The zero-order valence-electron chi connectivity index (χ0n) is 10.2. The molecule has 4 N–H and O–H groups in total. The molecule has 1 aliphatic heterocycles. The first-order valence-corrected chi connectivity index (χ1v) is 6.98. The van der Waals surface area contributed by atoms with Crippen LogP contribution in [0.1, 0.15) is 11.8 Å². The number of halogens is 2. The maximum Gasteiger partial charge on any atom is 0.351 e. The molecular weight excluding hydrogens is 384 g/mol. The molecule has 20 heavy (non-hydrogen) atoms. The Hall–Kier alpha value is -1.04. The summed E-state index contributed by atoms with van der Waals surface area (Å²) in [5.74, 6) is 0.0202. The fourth-order valence-electron chi connectivity index (χ4n) is 1.95. The lowest BCUT2D eigenvalue weighted by Gasteiger charge is -2.16. The van der Waals surface area contributed by atoms with Crippen molar-refractivity contribution in [2.45, 2.75) is 24.6 Å². The molecule has 2 rings (SSSR count). The normalized spacial score (nSPS) is 30.2. The van der Waals surface area contributed by atoms with E-state index in [-0.39, 0.29) is 5.82 Å². The van der Waals surface area contributed by atoms with Gasteiger partial charge < -0.3 is 20.7 Å². The second-order valence-corrected chi connectivity index (χ2v) is 4.97. The highest BCUT2D eigenvalue weighted by molar-refractivity contribution is 14.1. The van der Waals surface area contributed by atoms with Gasteiger partial charge in [0.25, 0.3) is 0 Å². The molecule has 0 saturated carbocycles. The van der Waals surface area contributed by atoms with Crippen molar-refractivity contribution in [3.63, 3.8) is 0 Å². The molecule has 1 aliphatic rings. The Morgan fingerprint density at radius 3 is 2.90 bits per heavy atom. The molecule has 1 saturated heterocycles. The maximum atomic E-state index is 14.0. The number of aliphatic hydroxyl groups excluding tert-OH is 2. The van der Waals surface area contributed by atoms with Crippen LogP contribution in [0.3, 0.4) is 0 Å². The molecule has 0 aliphatic carbocycles. The summed E-state index contributed by atoms with van der Waals surface area (Å²) in [6.45, 7) is -0.546. The number of aliphatic hydroxyl groups is 2. The SMILES string of the molecule is Nc1nc(=O)n([C@@H]2O[C@H](CO)[C@@H](O)[C@@H]2F)cc1/C=C/I. The molecule has 2 heterocycles. The molecule has 0 amide bonds. The van der Waals surface area contributed by atoms with Crippen LogP contribution in [-0.4, -0.2) is 44.8 Å². The molecule has 1 fully saturated rings. The highest BCUT2D eigenvalue weighted by Gasteiger charge is 2.45. The number of nitrogens with zero attached hydrogens (tertiary/aromatic N) is 2. The summed E-state index contributed by atoms with van der Waals surface area (Å²) >= 11 is 1.96. The van der Waals surface area contributed by atoms with Gasteiger partial charge >= 0.3 is 5.69 Å². The van der Waals surface area contributed by atoms with E-state index in [1.165, 1.54) is 6.20 Å². The van der Waals surface area contributed by atoms with Crippen LogP contribution in [0.2, 0.25) is 0 Å². The van der Waals surface area contributed by atoms with E-state index in [0.717, 1.165) is 4.57 Å². The average molecular weight is 397 g/mol. The molecule has 1 aromatic heterocycles. The first-order chi connectivity index (χ1) is 9.49. The summed E-state index contributed by atoms with van der Waals surface area (Å²) in [4.78, 5) is 15.4. The number of nitrogen functional groups attached to an aromatic ring is 1. The number of hydrogen-bond donors (Lipinski definition) is 3. The van der Waals surface area contributed by atoms with Gasteiger partial charge in [-0.1, -0.05) is 22.6 Å². The number of anilines is 1. The number of rotatable bonds is 3. The van der Waals surface area contributed by atoms with Crippen LogP contribution in [0, 0.1) is 0 Å². The summed E-state index contributed by atoms with van der Waals surface area (Å²) < 4.78 is 21.7. The molecule has 0 aromatic carbocycles. The Morgan fingerprint density at radius 1 is 1.65 bits per heavy atom. The lowest BCUT2D eigenvalue weighted by atomic mass is 10.1. The molecule has 0 spiro atoms. The minimum atomic E-state index is -1.84. The topological polar surface area (TPSA) is 111 Å². The number of hydrogen-bond acceptors (Lipinski definition) is 6. The molecule has 9 heteroatoms. The van der Waals surface area contributed by atoms with Crippen LogP contribution in [0.15, 0.2) is 15.1 Å². The van der Waals surface area contributed by atoms with Crippen molar-refractivity contribution in [1.29, 1.82) is 0 Å². The summed E-state index contributed by atoms with van der Waals surface area (Å²) in [5, 5.41) is 18.6. The van der Waals surface area contributed by atoms with Crippen molar-refractivity contribution < 1.29 is 19.3 Å². The molecule has 1 aromatic rings. The van der Waals surface area contributed by atoms with Crippen LogP contribution in [-0.2, 0) is 4.74 Å². The number of aromatic nitrogens is 2. The molecule has 4 atom stereocenters. The standard InChI is InChI=1S/C11H13FIN3O4/c12-7-8(18)6(4-17)20-10(7)16-3-5(1-2-13)9(14)15-11(16)19/h1-3,6-8,10,17-18H,4H2,(H2,14,15,19)/b2-1+/t6-,7+,8-,10-/m1/s1. The van der Waals surface area contributed by atoms with Gasteiger partial charge in [-0.15, -0.1) is 0 Å². The van der Waals surface area contributed by atoms with Crippen LogP contribution in [0.25, 0.3) is 6.08 Å². The number of alkyl halides is 1. The van der Waals surface area contributed by atoms with Crippen molar-refractivity contribution in [3.05, 3.63) is 26.3 Å². The van der Waals surface area contributed by atoms with Gasteiger partial charge in [0.1, 0.15) is 18.0 Å². The van der Waals surface area contributed by atoms with Gasteiger partial charge in [0.05, 0.1) is 6.61 Å². The largest absolute Gasteiger partial charge is 0.394 e. The van der Waals surface area contributed by atoms with Gasteiger partial charge in [-0.2, -0.15) is 4.98 Å². The second-order valence-electron chi connectivity index (χ2n) is 4.25. The highest BCUT2D eigenvalue weighted by Crippen LogP contribution is 2.31. The third kappa shape index (κ3) is 2.71. The smallest absolute Gasteiger partial charge is 0.351 e. The van der Waals surface area contributed by atoms with E-state index in [4.69, 9.17) is 15.6 Å². The van der Waals surface area contributed by atoms with Crippen molar-refractivity contribution in [2.24, 2.45) is 0 Å². The summed E-state index contributed by atoms with van der Waals surface area (Å²) in [7, 11) is 0. The fraction of sp³-hybridized carbons (Fsp3) is 0.455. The van der Waals surface area contributed by atoms with Crippen LogP contribution >= 0.6 is 22.6 Å². The second kappa shape index (κ2) is 6.16. The first kappa shape index (κ1) is 15.4. The van der Waals surface area contributed by atoms with E-state index in [1.54, 1.807) is 10.2 Å². The minimum absolute atomic E-state index is 0.0202. The van der Waals surface area contributed by atoms with E-state index >= 15 is 0 Å². The van der Waals surface area contributed by atoms with Crippen molar-refractivity contribution >= 4 is 34.5 Å². The van der Waals surface area contributed by atoms with E-state index < -0.39 is 36.9 Å². The first-order valence-electron chi connectivity index (χ1n) is 5.73. The van der Waals surface area contributed by atoms with Crippen molar-refractivity contribution in [2.75, 3.05) is 12.3 Å².